The van der Waals surface area contributed by atoms with Crippen molar-refractivity contribution in [1.82, 2.24) is 15.2 Å². The summed E-state index contributed by atoms with van der Waals surface area (Å²) in [6.07, 6.45) is 0.480. The van der Waals surface area contributed by atoms with Crippen LogP contribution in [0.4, 0.5) is 14.9 Å². The Morgan fingerprint density at radius 1 is 1.28 bits per heavy atom. The number of halogens is 1. The standard InChI is InChI=1S/C26H28FN5O4/c1-7-8-16-9-12-20(28-15-16)22(34)29-17-10-11-19(27)18(13-17)26(5)14-21(33)32(6)23(31-26)30-24(35)36-25(2,3)4/h9-13,15H,14H2,1-6H3,(H,29,34)(H,30,31,35)/t26-/m0/s1. The van der Waals surface area contributed by atoms with Crippen molar-refractivity contribution in [3.63, 3.8) is 0 Å². The average Bonchev–Trinajstić information content (AvgIpc) is 2.78. The number of hydrogen-bond donors (Lipinski definition) is 2. The van der Waals surface area contributed by atoms with E-state index in [1.165, 1.54) is 42.4 Å². The van der Waals surface area contributed by atoms with E-state index >= 15 is 0 Å². The van der Waals surface area contributed by atoms with Crippen molar-refractivity contribution in [2.75, 3.05) is 12.4 Å². The molecular weight excluding hydrogens is 465 g/mol. The van der Waals surface area contributed by atoms with Crippen molar-refractivity contribution in [3.8, 4) is 11.8 Å². The van der Waals surface area contributed by atoms with Crippen LogP contribution >= 0.6 is 0 Å². The fourth-order valence-corrected chi connectivity index (χ4v) is 3.52. The Hall–Kier alpha value is -4.26. The van der Waals surface area contributed by atoms with Crippen LogP contribution in [-0.4, -0.2) is 46.4 Å². The monoisotopic (exact) mass is 493 g/mol. The molecular formula is C26H28FN5O4. The minimum absolute atomic E-state index is 0.0729. The molecule has 0 spiro atoms. The van der Waals surface area contributed by atoms with Gasteiger partial charge in [-0.3, -0.25) is 14.5 Å². The number of aromatic nitrogens is 1. The van der Waals surface area contributed by atoms with E-state index < -0.39 is 29.0 Å². The van der Waals surface area contributed by atoms with Gasteiger partial charge in [0, 0.05) is 30.1 Å². The van der Waals surface area contributed by atoms with Gasteiger partial charge in [0.05, 0.1) is 12.0 Å². The zero-order valence-corrected chi connectivity index (χ0v) is 21.0. The van der Waals surface area contributed by atoms with Crippen LogP contribution in [0.5, 0.6) is 0 Å². The molecule has 0 saturated carbocycles. The maximum absolute atomic E-state index is 15.0. The van der Waals surface area contributed by atoms with Crippen LogP contribution in [-0.2, 0) is 15.1 Å². The number of guanidine groups is 1. The molecule has 0 bridgehead atoms. The first-order valence-corrected chi connectivity index (χ1v) is 11.2. The van der Waals surface area contributed by atoms with Gasteiger partial charge in [-0.05, 0) is 65.0 Å². The summed E-state index contributed by atoms with van der Waals surface area (Å²) in [4.78, 5) is 46.8. The van der Waals surface area contributed by atoms with Crippen LogP contribution in [0.1, 0.15) is 62.7 Å². The fraction of sp³-hybridized carbons (Fsp3) is 0.346. The van der Waals surface area contributed by atoms with Crippen LogP contribution in [0.15, 0.2) is 41.5 Å². The molecule has 0 radical (unpaired) electrons. The van der Waals surface area contributed by atoms with E-state index in [1.807, 2.05) is 0 Å². The molecule has 1 fully saturated rings. The average molecular weight is 494 g/mol. The van der Waals surface area contributed by atoms with Gasteiger partial charge in [0.15, 0.2) is 0 Å². The molecule has 3 amide bonds. The summed E-state index contributed by atoms with van der Waals surface area (Å²) in [5.74, 6) is 4.06. The second-order valence-corrected chi connectivity index (χ2v) is 9.46. The molecule has 2 heterocycles. The van der Waals surface area contributed by atoms with E-state index in [0.29, 0.717) is 11.3 Å². The summed E-state index contributed by atoms with van der Waals surface area (Å²) < 4.78 is 20.2. The van der Waals surface area contributed by atoms with Gasteiger partial charge in [0.25, 0.3) is 5.91 Å². The molecule has 1 aliphatic rings. The van der Waals surface area contributed by atoms with Crippen LogP contribution in [0.2, 0.25) is 0 Å². The number of carbonyl (C=O) groups is 3. The summed E-state index contributed by atoms with van der Waals surface area (Å²) in [6, 6.07) is 7.25. The first-order chi connectivity index (χ1) is 16.8. The second kappa shape index (κ2) is 10.2. The van der Waals surface area contributed by atoms with E-state index in [-0.39, 0.29) is 29.5 Å². The molecule has 9 nitrogen and oxygen atoms in total. The van der Waals surface area contributed by atoms with Gasteiger partial charge in [-0.15, -0.1) is 10.9 Å². The maximum Gasteiger partial charge on any atom is 0.437 e. The zero-order chi connectivity index (χ0) is 26.7. The molecule has 1 saturated heterocycles. The van der Waals surface area contributed by atoms with Crippen LogP contribution < -0.4 is 10.6 Å². The molecule has 1 atom stereocenters. The van der Waals surface area contributed by atoms with Gasteiger partial charge in [-0.1, -0.05) is 5.92 Å². The van der Waals surface area contributed by atoms with Crippen LogP contribution in [0, 0.1) is 17.7 Å². The zero-order valence-electron chi connectivity index (χ0n) is 21.0. The highest BCUT2D eigenvalue weighted by Crippen LogP contribution is 2.32. The molecule has 0 aliphatic carbocycles. The van der Waals surface area contributed by atoms with E-state index in [0.717, 1.165) is 0 Å². The lowest BCUT2D eigenvalue weighted by Gasteiger charge is -2.40. The van der Waals surface area contributed by atoms with E-state index in [4.69, 9.17) is 4.74 Å². The van der Waals surface area contributed by atoms with Gasteiger partial charge in [-0.2, -0.15) is 0 Å². The van der Waals surface area contributed by atoms with Crippen molar-refractivity contribution in [2.24, 2.45) is 4.99 Å². The summed E-state index contributed by atoms with van der Waals surface area (Å²) in [5, 5.41) is 5.68. The number of carbonyl (C=O) groups excluding carboxylic acids is 3. The molecule has 10 heteroatoms. The molecule has 188 valence electrons. The largest absolute Gasteiger partial charge is 0.442 e. The third-order valence-electron chi connectivity index (χ3n) is 5.26. The predicted octanol–water partition coefficient (Wildman–Crippen LogP) is 3.80. The number of hydrogen-bond acceptors (Lipinski definition) is 5. The highest BCUT2D eigenvalue weighted by molar-refractivity contribution is 6.04. The first-order valence-electron chi connectivity index (χ1n) is 11.2. The van der Waals surface area contributed by atoms with E-state index in [1.54, 1.807) is 40.7 Å². The molecule has 1 aromatic carbocycles. The second-order valence-electron chi connectivity index (χ2n) is 9.46. The SMILES string of the molecule is CC#Cc1ccc(C(=O)Nc2ccc(F)c([C@]3(C)CC(=O)N(C)/C(=N\C(=O)OC(C)(C)C)N3)c2)nc1. The lowest BCUT2D eigenvalue weighted by atomic mass is 9.86. The Labute approximate surface area is 209 Å². The topological polar surface area (TPSA) is 113 Å². The van der Waals surface area contributed by atoms with Gasteiger partial charge < -0.3 is 15.4 Å². The third-order valence-corrected chi connectivity index (χ3v) is 5.26. The summed E-state index contributed by atoms with van der Waals surface area (Å²) in [5.41, 5.74) is -0.788. The fourth-order valence-electron chi connectivity index (χ4n) is 3.52. The van der Waals surface area contributed by atoms with E-state index in [2.05, 4.69) is 32.5 Å². The van der Waals surface area contributed by atoms with E-state index in [9.17, 15) is 18.8 Å². The Balaban J connectivity index is 1.88. The van der Waals surface area contributed by atoms with Gasteiger partial charge in [0.1, 0.15) is 17.1 Å². The molecule has 0 unspecified atom stereocenters. The predicted molar refractivity (Wildman–Crippen MR) is 133 cm³/mol. The van der Waals surface area contributed by atoms with Crippen LogP contribution in [0.25, 0.3) is 0 Å². The van der Waals surface area contributed by atoms with Gasteiger partial charge >= 0.3 is 6.09 Å². The number of nitrogens with zero attached hydrogens (tertiary/aromatic N) is 3. The smallest absolute Gasteiger partial charge is 0.437 e. The van der Waals surface area contributed by atoms with Crippen molar-refractivity contribution in [3.05, 3.63) is 59.2 Å². The highest BCUT2D eigenvalue weighted by atomic mass is 19.1. The minimum Gasteiger partial charge on any atom is -0.442 e. The van der Waals surface area contributed by atoms with Gasteiger partial charge in [0.2, 0.25) is 11.9 Å². The number of ether oxygens (including phenoxy) is 1. The Kier molecular flexibility index (Phi) is 7.43. The first kappa shape index (κ1) is 26.3. The number of nitrogens with one attached hydrogen (secondary N) is 2. The van der Waals surface area contributed by atoms with Crippen molar-refractivity contribution in [1.29, 1.82) is 0 Å². The summed E-state index contributed by atoms with van der Waals surface area (Å²) >= 11 is 0. The summed E-state index contributed by atoms with van der Waals surface area (Å²) in [6.45, 7) is 8.39. The lowest BCUT2D eigenvalue weighted by Crippen LogP contribution is -2.59. The molecule has 36 heavy (non-hydrogen) atoms. The molecule has 2 aromatic rings. The lowest BCUT2D eigenvalue weighted by molar-refractivity contribution is -0.129. The maximum atomic E-state index is 15.0. The number of benzene rings is 1. The highest BCUT2D eigenvalue weighted by Gasteiger charge is 2.41. The molecule has 1 aromatic heterocycles. The Bertz CT molecular complexity index is 1290. The third kappa shape index (κ3) is 6.24. The molecule has 2 N–H and O–H groups in total. The number of anilines is 1. The number of aliphatic imine (C=N–C) groups is 1. The van der Waals surface area contributed by atoms with Gasteiger partial charge in [-0.25, -0.2) is 14.2 Å². The number of pyridine rings is 1. The van der Waals surface area contributed by atoms with Crippen molar-refractivity contribution < 1.29 is 23.5 Å². The quantitative estimate of drug-likeness (QED) is 0.629. The minimum atomic E-state index is -1.26. The molecule has 3 rings (SSSR count). The van der Waals surface area contributed by atoms with Crippen molar-refractivity contribution in [2.45, 2.75) is 52.2 Å². The summed E-state index contributed by atoms with van der Waals surface area (Å²) in [7, 11) is 1.45. The Morgan fingerprint density at radius 3 is 2.61 bits per heavy atom. The van der Waals surface area contributed by atoms with Crippen LogP contribution in [0.3, 0.4) is 0 Å². The normalized spacial score (nSPS) is 18.7. The molecule has 1 aliphatic heterocycles. The number of rotatable bonds is 3. The Morgan fingerprint density at radius 2 is 2.00 bits per heavy atom. The van der Waals surface area contributed by atoms with Crippen molar-refractivity contribution >= 4 is 29.6 Å². The number of amides is 3.